The van der Waals surface area contributed by atoms with E-state index >= 15 is 0 Å². The van der Waals surface area contributed by atoms with Gasteiger partial charge >= 0.3 is 0 Å². The van der Waals surface area contributed by atoms with Crippen molar-refractivity contribution in [3.05, 3.63) is 66.0 Å². The fourth-order valence-electron chi connectivity index (χ4n) is 3.27. The SMILES string of the molecule is Cc1ccc(-c2cc(-c3nc4c5ccccc5ncn4n3)[nH]n2)c(C)c1. The van der Waals surface area contributed by atoms with Crippen molar-refractivity contribution in [2.45, 2.75) is 13.8 Å². The minimum Gasteiger partial charge on any atom is -0.274 e. The summed E-state index contributed by atoms with van der Waals surface area (Å²) in [4.78, 5) is 9.12. The molecule has 0 aliphatic heterocycles. The number of para-hydroxylation sites is 1. The van der Waals surface area contributed by atoms with Crippen molar-refractivity contribution in [2.24, 2.45) is 0 Å². The summed E-state index contributed by atoms with van der Waals surface area (Å²) in [6, 6.07) is 16.3. The van der Waals surface area contributed by atoms with Crippen LogP contribution in [-0.2, 0) is 0 Å². The fraction of sp³-hybridized carbons (Fsp3) is 0.100. The minimum absolute atomic E-state index is 0.603. The maximum Gasteiger partial charge on any atom is 0.200 e. The van der Waals surface area contributed by atoms with Gasteiger partial charge in [0.1, 0.15) is 12.0 Å². The van der Waals surface area contributed by atoms with E-state index in [4.69, 9.17) is 4.98 Å². The van der Waals surface area contributed by atoms with E-state index in [-0.39, 0.29) is 0 Å². The second-order valence-electron chi connectivity index (χ2n) is 6.45. The van der Waals surface area contributed by atoms with Crippen molar-refractivity contribution < 1.29 is 0 Å². The smallest absolute Gasteiger partial charge is 0.200 e. The lowest BCUT2D eigenvalue weighted by Gasteiger charge is -2.02. The Bertz CT molecular complexity index is 1260. The zero-order valence-corrected chi connectivity index (χ0v) is 14.4. The van der Waals surface area contributed by atoms with Crippen molar-refractivity contribution in [1.29, 1.82) is 0 Å². The van der Waals surface area contributed by atoms with Gasteiger partial charge in [-0.25, -0.2) is 14.5 Å². The van der Waals surface area contributed by atoms with Crippen LogP contribution in [0, 0.1) is 13.8 Å². The van der Waals surface area contributed by atoms with Gasteiger partial charge in [-0.2, -0.15) is 5.10 Å². The number of nitrogens with zero attached hydrogens (tertiary/aromatic N) is 5. The number of hydrogen-bond acceptors (Lipinski definition) is 4. The zero-order valence-electron chi connectivity index (χ0n) is 14.4. The summed E-state index contributed by atoms with van der Waals surface area (Å²) in [7, 11) is 0. The Morgan fingerprint density at radius 1 is 1.00 bits per heavy atom. The molecule has 3 heterocycles. The predicted octanol–water partition coefficient (Wildman–Crippen LogP) is 3.95. The Morgan fingerprint density at radius 3 is 2.77 bits per heavy atom. The van der Waals surface area contributed by atoms with Crippen molar-refractivity contribution >= 4 is 16.6 Å². The van der Waals surface area contributed by atoms with Crippen molar-refractivity contribution in [2.75, 3.05) is 0 Å². The third kappa shape index (κ3) is 2.27. The Hall–Kier alpha value is -3.54. The van der Waals surface area contributed by atoms with Crippen molar-refractivity contribution in [3.8, 4) is 22.8 Å². The number of hydrogen-bond donors (Lipinski definition) is 1. The van der Waals surface area contributed by atoms with Crippen LogP contribution in [0.3, 0.4) is 0 Å². The third-order valence-corrected chi connectivity index (χ3v) is 4.56. The number of fused-ring (bicyclic) bond motifs is 3. The zero-order chi connectivity index (χ0) is 17.7. The maximum absolute atomic E-state index is 4.70. The first kappa shape index (κ1) is 14.8. The highest BCUT2D eigenvalue weighted by molar-refractivity contribution is 5.91. The quantitative estimate of drug-likeness (QED) is 0.528. The first-order chi connectivity index (χ1) is 12.7. The van der Waals surface area contributed by atoms with Crippen LogP contribution < -0.4 is 0 Å². The number of aromatic nitrogens is 6. The molecule has 1 N–H and O–H groups in total. The van der Waals surface area contributed by atoms with Crippen LogP contribution in [0.5, 0.6) is 0 Å². The highest BCUT2D eigenvalue weighted by atomic mass is 15.3. The summed E-state index contributed by atoms with van der Waals surface area (Å²) >= 11 is 0. The lowest BCUT2D eigenvalue weighted by molar-refractivity contribution is 0.933. The number of rotatable bonds is 2. The molecule has 0 atom stereocenters. The largest absolute Gasteiger partial charge is 0.274 e. The van der Waals surface area contributed by atoms with Gasteiger partial charge in [0.05, 0.1) is 11.2 Å². The molecule has 5 rings (SSSR count). The molecule has 0 amide bonds. The van der Waals surface area contributed by atoms with E-state index in [9.17, 15) is 0 Å². The molecule has 0 spiro atoms. The Labute approximate surface area is 149 Å². The summed E-state index contributed by atoms with van der Waals surface area (Å²) in [6.45, 7) is 4.18. The van der Waals surface area contributed by atoms with Crippen LogP contribution in [0.4, 0.5) is 0 Å². The van der Waals surface area contributed by atoms with Gasteiger partial charge in [-0.1, -0.05) is 35.9 Å². The maximum atomic E-state index is 4.70. The average molecular weight is 340 g/mol. The first-order valence-corrected chi connectivity index (χ1v) is 8.42. The molecular weight excluding hydrogens is 324 g/mol. The molecule has 0 saturated heterocycles. The molecule has 0 unspecified atom stereocenters. The molecule has 2 aromatic carbocycles. The normalized spacial score (nSPS) is 11.5. The standard InChI is InChI=1S/C20H16N6/c1-12-7-8-14(13(2)9-12)17-10-18(24-23-17)19-22-20-15-5-3-4-6-16(15)21-11-26(20)25-19/h3-11H,1-2H3,(H,23,24). The second kappa shape index (κ2) is 5.49. The molecular formula is C20H16N6. The van der Waals surface area contributed by atoms with Crippen LogP contribution in [-0.4, -0.2) is 29.8 Å². The molecule has 126 valence electrons. The van der Waals surface area contributed by atoms with Gasteiger partial charge in [-0.05, 0) is 37.6 Å². The topological polar surface area (TPSA) is 71.8 Å². The highest BCUT2D eigenvalue weighted by Crippen LogP contribution is 2.26. The van der Waals surface area contributed by atoms with E-state index in [1.807, 2.05) is 30.3 Å². The van der Waals surface area contributed by atoms with Crippen LogP contribution in [0.1, 0.15) is 11.1 Å². The van der Waals surface area contributed by atoms with E-state index < -0.39 is 0 Å². The van der Waals surface area contributed by atoms with Gasteiger partial charge < -0.3 is 0 Å². The Balaban J connectivity index is 1.62. The third-order valence-electron chi connectivity index (χ3n) is 4.56. The molecule has 0 saturated carbocycles. The Kier molecular flexibility index (Phi) is 3.12. The van der Waals surface area contributed by atoms with Gasteiger partial charge in [0.15, 0.2) is 11.5 Å². The average Bonchev–Trinajstić information content (AvgIpc) is 3.28. The molecule has 26 heavy (non-hydrogen) atoms. The number of aryl methyl sites for hydroxylation is 2. The van der Waals surface area contributed by atoms with Gasteiger partial charge in [0, 0.05) is 10.9 Å². The van der Waals surface area contributed by atoms with Gasteiger partial charge in [-0.15, -0.1) is 5.10 Å². The second-order valence-corrected chi connectivity index (χ2v) is 6.45. The molecule has 0 radical (unpaired) electrons. The van der Waals surface area contributed by atoms with E-state index in [0.29, 0.717) is 5.82 Å². The minimum atomic E-state index is 0.603. The lowest BCUT2D eigenvalue weighted by Crippen LogP contribution is -1.90. The van der Waals surface area contributed by atoms with E-state index in [1.165, 1.54) is 11.1 Å². The molecule has 6 heteroatoms. The van der Waals surface area contributed by atoms with Crippen LogP contribution in [0.15, 0.2) is 54.9 Å². The van der Waals surface area contributed by atoms with Crippen molar-refractivity contribution in [3.63, 3.8) is 0 Å². The van der Waals surface area contributed by atoms with Crippen LogP contribution >= 0.6 is 0 Å². The highest BCUT2D eigenvalue weighted by Gasteiger charge is 2.14. The van der Waals surface area contributed by atoms with Gasteiger partial charge in [-0.3, -0.25) is 5.10 Å². The summed E-state index contributed by atoms with van der Waals surface area (Å²) in [5, 5.41) is 13.0. The summed E-state index contributed by atoms with van der Waals surface area (Å²) in [5.74, 6) is 0.603. The molecule has 0 aliphatic carbocycles. The number of benzene rings is 2. The molecule has 6 nitrogen and oxygen atoms in total. The van der Waals surface area contributed by atoms with Crippen molar-refractivity contribution in [1.82, 2.24) is 29.8 Å². The number of aromatic amines is 1. The van der Waals surface area contributed by atoms with Gasteiger partial charge in [0.25, 0.3) is 0 Å². The lowest BCUT2D eigenvalue weighted by atomic mass is 10.0. The monoisotopic (exact) mass is 340 g/mol. The summed E-state index contributed by atoms with van der Waals surface area (Å²) in [6.07, 6.45) is 1.69. The number of nitrogens with one attached hydrogen (secondary N) is 1. The van der Waals surface area contributed by atoms with Gasteiger partial charge in [0.2, 0.25) is 0 Å². The molecule has 3 aromatic heterocycles. The van der Waals surface area contributed by atoms with E-state index in [0.717, 1.165) is 33.5 Å². The summed E-state index contributed by atoms with van der Waals surface area (Å²) < 4.78 is 1.70. The Morgan fingerprint density at radius 2 is 1.88 bits per heavy atom. The fourth-order valence-corrected chi connectivity index (χ4v) is 3.27. The molecule has 0 aliphatic rings. The number of H-pyrrole nitrogens is 1. The van der Waals surface area contributed by atoms with Crippen LogP contribution in [0.2, 0.25) is 0 Å². The van der Waals surface area contributed by atoms with E-state index in [1.54, 1.807) is 10.8 Å². The van der Waals surface area contributed by atoms with E-state index in [2.05, 4.69) is 52.3 Å². The predicted molar refractivity (Wildman–Crippen MR) is 101 cm³/mol. The summed E-state index contributed by atoms with van der Waals surface area (Å²) in [5.41, 5.74) is 6.90. The molecule has 0 fully saturated rings. The molecule has 0 bridgehead atoms. The first-order valence-electron chi connectivity index (χ1n) is 8.42. The molecule has 5 aromatic rings. The van der Waals surface area contributed by atoms with Crippen LogP contribution in [0.25, 0.3) is 39.3 Å².